The Balaban J connectivity index is 1.91. The Morgan fingerprint density at radius 1 is 1.50 bits per heavy atom. The maximum Gasteiger partial charge on any atom is 0.306 e. The van der Waals surface area contributed by atoms with E-state index in [0.717, 1.165) is 25.9 Å². The summed E-state index contributed by atoms with van der Waals surface area (Å²) >= 11 is 0. The van der Waals surface area contributed by atoms with Crippen molar-refractivity contribution in [2.45, 2.75) is 38.1 Å². The van der Waals surface area contributed by atoms with Crippen molar-refractivity contribution < 1.29 is 19.4 Å². The molecule has 2 N–H and O–H groups in total. The summed E-state index contributed by atoms with van der Waals surface area (Å²) in [5, 5.41) is 12.0. The van der Waals surface area contributed by atoms with Gasteiger partial charge in [-0.1, -0.05) is 0 Å². The fourth-order valence-electron chi connectivity index (χ4n) is 2.51. The Hall–Kier alpha value is -0.650. The van der Waals surface area contributed by atoms with Gasteiger partial charge in [-0.3, -0.25) is 4.79 Å². The average Bonchev–Trinajstić information content (AvgIpc) is 2.62. The highest BCUT2D eigenvalue weighted by Crippen LogP contribution is 2.36. The fourth-order valence-corrected chi connectivity index (χ4v) is 2.51. The van der Waals surface area contributed by atoms with Crippen molar-refractivity contribution in [3.05, 3.63) is 0 Å². The normalized spacial score (nSPS) is 36.4. The zero-order chi connectivity index (χ0) is 11.6. The van der Waals surface area contributed by atoms with Gasteiger partial charge in [-0.15, -0.1) is 0 Å². The van der Waals surface area contributed by atoms with E-state index in [1.54, 1.807) is 0 Å². The van der Waals surface area contributed by atoms with E-state index in [2.05, 4.69) is 5.32 Å². The zero-order valence-electron chi connectivity index (χ0n) is 9.57. The molecule has 5 heteroatoms. The molecule has 2 fully saturated rings. The lowest BCUT2D eigenvalue weighted by atomic mass is 9.90. The van der Waals surface area contributed by atoms with Crippen molar-refractivity contribution in [3.8, 4) is 0 Å². The van der Waals surface area contributed by atoms with E-state index in [0.29, 0.717) is 12.5 Å². The lowest BCUT2D eigenvalue weighted by Gasteiger charge is -2.35. The third-order valence-corrected chi connectivity index (χ3v) is 3.44. The van der Waals surface area contributed by atoms with Crippen molar-refractivity contribution in [2.24, 2.45) is 5.92 Å². The van der Waals surface area contributed by atoms with Crippen molar-refractivity contribution in [1.82, 2.24) is 5.32 Å². The largest absolute Gasteiger partial charge is 0.481 e. The number of nitrogens with one attached hydrogen (secondary N) is 1. The first-order valence-electron chi connectivity index (χ1n) is 5.84. The summed E-state index contributed by atoms with van der Waals surface area (Å²) in [5.74, 6) is -1.04. The Bertz CT molecular complexity index is 265. The minimum atomic E-state index is -0.830. The smallest absolute Gasteiger partial charge is 0.306 e. The molecule has 0 aliphatic carbocycles. The summed E-state index contributed by atoms with van der Waals surface area (Å²) in [5.41, 5.74) is 0. The first-order valence-corrected chi connectivity index (χ1v) is 5.84. The summed E-state index contributed by atoms with van der Waals surface area (Å²) in [6.07, 6.45) is 1.78. The molecule has 2 rings (SSSR count). The van der Waals surface area contributed by atoms with Crippen molar-refractivity contribution >= 4 is 5.97 Å². The van der Waals surface area contributed by atoms with Gasteiger partial charge in [0.15, 0.2) is 5.79 Å². The predicted molar refractivity (Wildman–Crippen MR) is 57.1 cm³/mol. The van der Waals surface area contributed by atoms with Crippen LogP contribution in [-0.2, 0) is 14.3 Å². The molecule has 0 aromatic heterocycles. The SMILES string of the molecule is CC1(C2CCNCC2)OCC(CC(=O)O)O1. The van der Waals surface area contributed by atoms with Crippen LogP contribution in [0.15, 0.2) is 0 Å². The Kier molecular flexibility index (Phi) is 3.47. The Morgan fingerprint density at radius 3 is 2.81 bits per heavy atom. The number of piperidine rings is 1. The van der Waals surface area contributed by atoms with E-state index in [1.165, 1.54) is 0 Å². The van der Waals surface area contributed by atoms with Crippen LogP contribution in [0.25, 0.3) is 0 Å². The van der Waals surface area contributed by atoms with Crippen LogP contribution >= 0.6 is 0 Å². The lowest BCUT2D eigenvalue weighted by molar-refractivity contribution is -0.197. The van der Waals surface area contributed by atoms with Gasteiger partial charge in [-0.2, -0.15) is 0 Å². The number of aliphatic carboxylic acids is 1. The predicted octanol–water partition coefficient (Wildman–Crippen LogP) is 0.592. The van der Waals surface area contributed by atoms with Crippen molar-refractivity contribution in [1.29, 1.82) is 0 Å². The molecule has 0 radical (unpaired) electrons. The number of carboxylic acids is 1. The molecule has 2 saturated heterocycles. The molecule has 0 aromatic rings. The topological polar surface area (TPSA) is 67.8 Å². The molecule has 16 heavy (non-hydrogen) atoms. The van der Waals surface area contributed by atoms with Gasteiger partial charge in [0.2, 0.25) is 0 Å². The van der Waals surface area contributed by atoms with Gasteiger partial charge >= 0.3 is 5.97 Å². The molecule has 0 spiro atoms. The summed E-state index contributed by atoms with van der Waals surface area (Å²) in [7, 11) is 0. The molecule has 0 aromatic carbocycles. The summed E-state index contributed by atoms with van der Waals surface area (Å²) in [6.45, 7) is 4.30. The van der Waals surface area contributed by atoms with Crippen LogP contribution in [0.5, 0.6) is 0 Å². The maximum atomic E-state index is 10.6. The van der Waals surface area contributed by atoms with Gasteiger partial charge in [0.05, 0.1) is 19.1 Å². The van der Waals surface area contributed by atoms with Crippen LogP contribution in [0.2, 0.25) is 0 Å². The van der Waals surface area contributed by atoms with E-state index in [1.807, 2.05) is 6.92 Å². The number of carbonyl (C=O) groups is 1. The zero-order valence-corrected chi connectivity index (χ0v) is 9.57. The lowest BCUT2D eigenvalue weighted by Crippen LogP contribution is -2.43. The van der Waals surface area contributed by atoms with Crippen LogP contribution in [0.3, 0.4) is 0 Å². The molecule has 2 heterocycles. The molecular formula is C11H19NO4. The molecule has 2 aliphatic rings. The number of carboxylic acid groups (broad SMARTS) is 1. The molecule has 92 valence electrons. The van der Waals surface area contributed by atoms with Crippen molar-refractivity contribution in [2.75, 3.05) is 19.7 Å². The number of ether oxygens (including phenoxy) is 2. The summed E-state index contributed by atoms with van der Waals surface area (Å²) in [4.78, 5) is 10.6. The van der Waals surface area contributed by atoms with Crippen LogP contribution in [-0.4, -0.2) is 42.7 Å². The molecular weight excluding hydrogens is 210 g/mol. The molecule has 0 bridgehead atoms. The van der Waals surface area contributed by atoms with Crippen LogP contribution < -0.4 is 5.32 Å². The first kappa shape index (κ1) is 11.8. The molecule has 5 nitrogen and oxygen atoms in total. The molecule has 0 saturated carbocycles. The summed E-state index contributed by atoms with van der Waals surface area (Å²) < 4.78 is 11.4. The van der Waals surface area contributed by atoms with Gasteiger partial charge < -0.3 is 19.9 Å². The van der Waals surface area contributed by atoms with Crippen LogP contribution in [0.4, 0.5) is 0 Å². The Morgan fingerprint density at radius 2 is 2.19 bits per heavy atom. The average molecular weight is 229 g/mol. The minimum Gasteiger partial charge on any atom is -0.481 e. The van der Waals surface area contributed by atoms with Gasteiger partial charge in [0.25, 0.3) is 0 Å². The van der Waals surface area contributed by atoms with E-state index in [-0.39, 0.29) is 12.5 Å². The van der Waals surface area contributed by atoms with Gasteiger partial charge in [-0.25, -0.2) is 0 Å². The molecule has 0 amide bonds. The second-order valence-electron chi connectivity index (χ2n) is 4.69. The molecule has 2 atom stereocenters. The fraction of sp³-hybridized carbons (Fsp3) is 0.909. The monoisotopic (exact) mass is 229 g/mol. The van der Waals surface area contributed by atoms with E-state index in [9.17, 15) is 4.79 Å². The third kappa shape index (κ3) is 2.53. The highest BCUT2D eigenvalue weighted by Gasteiger charge is 2.44. The molecule has 2 aliphatic heterocycles. The first-order chi connectivity index (χ1) is 7.60. The standard InChI is InChI=1S/C11H19NO4/c1-11(8-2-4-12-5-3-8)15-7-9(16-11)6-10(13)14/h8-9,12H,2-7H2,1H3,(H,13,14). The van der Waals surface area contributed by atoms with Gasteiger partial charge in [0, 0.05) is 5.92 Å². The van der Waals surface area contributed by atoms with Crippen LogP contribution in [0.1, 0.15) is 26.2 Å². The second kappa shape index (κ2) is 4.69. The second-order valence-corrected chi connectivity index (χ2v) is 4.69. The van der Waals surface area contributed by atoms with E-state index < -0.39 is 11.8 Å². The third-order valence-electron chi connectivity index (χ3n) is 3.44. The highest BCUT2D eigenvalue weighted by molar-refractivity contribution is 5.67. The number of hydrogen-bond donors (Lipinski definition) is 2. The van der Waals surface area contributed by atoms with Gasteiger partial charge in [-0.05, 0) is 32.9 Å². The van der Waals surface area contributed by atoms with Gasteiger partial charge in [0.1, 0.15) is 0 Å². The van der Waals surface area contributed by atoms with Crippen LogP contribution in [0, 0.1) is 5.92 Å². The Labute approximate surface area is 95.1 Å². The highest BCUT2D eigenvalue weighted by atomic mass is 16.7. The van der Waals surface area contributed by atoms with E-state index >= 15 is 0 Å². The number of rotatable bonds is 3. The molecule has 2 unspecified atom stereocenters. The number of hydrogen-bond acceptors (Lipinski definition) is 4. The summed E-state index contributed by atoms with van der Waals surface area (Å²) in [6, 6.07) is 0. The maximum absolute atomic E-state index is 10.6. The minimum absolute atomic E-state index is 0.0283. The van der Waals surface area contributed by atoms with E-state index in [4.69, 9.17) is 14.6 Å². The van der Waals surface area contributed by atoms with Crippen molar-refractivity contribution in [3.63, 3.8) is 0 Å². The quantitative estimate of drug-likeness (QED) is 0.741.